The van der Waals surface area contributed by atoms with Gasteiger partial charge in [-0.15, -0.1) is 0 Å². The highest BCUT2D eigenvalue weighted by atomic mass is 16.5. The molecule has 0 spiro atoms. The van der Waals surface area contributed by atoms with Gasteiger partial charge in [0.2, 0.25) is 0 Å². The van der Waals surface area contributed by atoms with Crippen molar-refractivity contribution in [3.8, 4) is 0 Å². The lowest BCUT2D eigenvalue weighted by Gasteiger charge is -2.25. The number of nitrogens with zero attached hydrogens (tertiary/aromatic N) is 1. The Labute approximate surface area is 98.3 Å². The van der Waals surface area contributed by atoms with E-state index in [1.54, 1.807) is 4.90 Å². The van der Waals surface area contributed by atoms with Crippen molar-refractivity contribution in [2.45, 2.75) is 51.7 Å². The largest absolute Gasteiger partial charge is 0.378 e. The number of hydrogen-bond donors (Lipinski definition) is 1. The predicted molar refractivity (Wildman–Crippen MR) is 64.5 cm³/mol. The third-order valence-electron chi connectivity index (χ3n) is 2.82. The van der Waals surface area contributed by atoms with Crippen LogP contribution in [-0.2, 0) is 4.74 Å². The average molecular weight is 228 g/mol. The van der Waals surface area contributed by atoms with Crippen molar-refractivity contribution in [1.29, 1.82) is 0 Å². The molecular weight excluding hydrogens is 204 g/mol. The van der Waals surface area contributed by atoms with Crippen molar-refractivity contribution < 1.29 is 9.53 Å². The Kier molecular flexibility index (Phi) is 5.60. The number of carbonyl (C=O) groups is 1. The standard InChI is InChI=1S/C12H24N2O2/c1-10(2)13-12(15)14(3)8-7-11-6-4-5-9-16-11/h10-11H,4-9H2,1-3H3,(H,13,15). The molecule has 1 atom stereocenters. The molecule has 0 aromatic carbocycles. The van der Waals surface area contributed by atoms with E-state index < -0.39 is 0 Å². The van der Waals surface area contributed by atoms with E-state index in [1.807, 2.05) is 20.9 Å². The van der Waals surface area contributed by atoms with Crippen LogP contribution in [0.1, 0.15) is 39.5 Å². The van der Waals surface area contributed by atoms with Crippen LogP contribution in [-0.4, -0.2) is 43.3 Å². The second-order valence-electron chi connectivity index (χ2n) is 4.80. The van der Waals surface area contributed by atoms with Gasteiger partial charge in [0.05, 0.1) is 6.10 Å². The smallest absolute Gasteiger partial charge is 0.317 e. The van der Waals surface area contributed by atoms with Crippen LogP contribution < -0.4 is 5.32 Å². The minimum Gasteiger partial charge on any atom is -0.378 e. The van der Waals surface area contributed by atoms with E-state index in [0.29, 0.717) is 6.10 Å². The molecule has 94 valence electrons. The van der Waals surface area contributed by atoms with Crippen molar-refractivity contribution in [1.82, 2.24) is 10.2 Å². The highest BCUT2D eigenvalue weighted by Crippen LogP contribution is 2.15. The lowest BCUT2D eigenvalue weighted by molar-refractivity contribution is 0.00825. The van der Waals surface area contributed by atoms with Gasteiger partial charge in [-0.05, 0) is 39.5 Å². The molecule has 4 nitrogen and oxygen atoms in total. The number of ether oxygens (including phenoxy) is 1. The molecule has 0 aromatic heterocycles. The van der Waals surface area contributed by atoms with Crippen molar-refractivity contribution in [2.24, 2.45) is 0 Å². The van der Waals surface area contributed by atoms with E-state index in [1.165, 1.54) is 12.8 Å². The maximum atomic E-state index is 11.6. The fourth-order valence-electron chi connectivity index (χ4n) is 1.83. The molecule has 0 saturated carbocycles. The van der Waals surface area contributed by atoms with Gasteiger partial charge in [-0.1, -0.05) is 0 Å². The van der Waals surface area contributed by atoms with Crippen molar-refractivity contribution in [2.75, 3.05) is 20.2 Å². The molecule has 4 heteroatoms. The third kappa shape index (κ3) is 4.84. The summed E-state index contributed by atoms with van der Waals surface area (Å²) in [5, 5.41) is 2.88. The molecule has 0 aromatic rings. The molecule has 0 aliphatic carbocycles. The van der Waals surface area contributed by atoms with Crippen LogP contribution in [0.2, 0.25) is 0 Å². The highest BCUT2D eigenvalue weighted by molar-refractivity contribution is 5.74. The van der Waals surface area contributed by atoms with Crippen molar-refractivity contribution >= 4 is 6.03 Å². The van der Waals surface area contributed by atoms with Crippen LogP contribution in [0.25, 0.3) is 0 Å². The zero-order chi connectivity index (χ0) is 12.0. The van der Waals surface area contributed by atoms with Gasteiger partial charge in [-0.25, -0.2) is 4.79 Å². The summed E-state index contributed by atoms with van der Waals surface area (Å²) < 4.78 is 5.63. The summed E-state index contributed by atoms with van der Waals surface area (Å²) in [4.78, 5) is 13.3. The molecule has 2 amide bonds. The Morgan fingerprint density at radius 1 is 1.50 bits per heavy atom. The molecule has 1 fully saturated rings. The summed E-state index contributed by atoms with van der Waals surface area (Å²) in [6, 6.07) is 0.201. The topological polar surface area (TPSA) is 41.6 Å². The van der Waals surface area contributed by atoms with E-state index in [4.69, 9.17) is 4.74 Å². The first-order valence-electron chi connectivity index (χ1n) is 6.23. The maximum absolute atomic E-state index is 11.6. The molecule has 1 aliphatic rings. The Hall–Kier alpha value is -0.770. The molecule has 1 aliphatic heterocycles. The number of amides is 2. The van der Waals surface area contributed by atoms with Gasteiger partial charge in [0.25, 0.3) is 0 Å². The highest BCUT2D eigenvalue weighted by Gasteiger charge is 2.16. The maximum Gasteiger partial charge on any atom is 0.317 e. The number of nitrogens with one attached hydrogen (secondary N) is 1. The van der Waals surface area contributed by atoms with E-state index >= 15 is 0 Å². The molecule has 1 rings (SSSR count). The summed E-state index contributed by atoms with van der Waals surface area (Å²) >= 11 is 0. The molecule has 16 heavy (non-hydrogen) atoms. The summed E-state index contributed by atoms with van der Waals surface area (Å²) in [5.74, 6) is 0. The van der Waals surface area contributed by atoms with Gasteiger partial charge in [0.15, 0.2) is 0 Å². The van der Waals surface area contributed by atoms with E-state index in [-0.39, 0.29) is 12.1 Å². The predicted octanol–water partition coefficient (Wildman–Crippen LogP) is 2.00. The number of carbonyl (C=O) groups excluding carboxylic acids is 1. The van der Waals surface area contributed by atoms with E-state index in [2.05, 4.69) is 5.32 Å². The van der Waals surface area contributed by atoms with Gasteiger partial charge < -0.3 is 15.0 Å². The third-order valence-corrected chi connectivity index (χ3v) is 2.82. The molecule has 1 N–H and O–H groups in total. The lowest BCUT2D eigenvalue weighted by Crippen LogP contribution is -2.42. The fourth-order valence-corrected chi connectivity index (χ4v) is 1.83. The number of hydrogen-bond acceptors (Lipinski definition) is 2. The Balaban J connectivity index is 2.17. The molecule has 0 bridgehead atoms. The Morgan fingerprint density at radius 2 is 2.25 bits per heavy atom. The fraction of sp³-hybridized carbons (Fsp3) is 0.917. The van der Waals surface area contributed by atoms with Gasteiger partial charge >= 0.3 is 6.03 Å². The van der Waals surface area contributed by atoms with Crippen molar-refractivity contribution in [3.63, 3.8) is 0 Å². The van der Waals surface area contributed by atoms with Gasteiger partial charge in [-0.3, -0.25) is 0 Å². The molecule has 0 radical (unpaired) electrons. The first kappa shape index (κ1) is 13.3. The molecule has 1 saturated heterocycles. The summed E-state index contributed by atoms with van der Waals surface area (Å²) in [7, 11) is 1.83. The summed E-state index contributed by atoms with van der Waals surface area (Å²) in [6.07, 6.45) is 4.87. The van der Waals surface area contributed by atoms with Crippen LogP contribution in [0.4, 0.5) is 4.79 Å². The number of rotatable bonds is 4. The SMILES string of the molecule is CC(C)NC(=O)N(C)CCC1CCCCO1. The monoisotopic (exact) mass is 228 g/mol. The minimum absolute atomic E-state index is 0.00538. The summed E-state index contributed by atoms with van der Waals surface area (Å²) in [5.41, 5.74) is 0. The first-order chi connectivity index (χ1) is 7.59. The van der Waals surface area contributed by atoms with Crippen LogP contribution >= 0.6 is 0 Å². The Morgan fingerprint density at radius 3 is 2.81 bits per heavy atom. The zero-order valence-corrected chi connectivity index (χ0v) is 10.7. The summed E-state index contributed by atoms with van der Waals surface area (Å²) in [6.45, 7) is 5.59. The van der Waals surface area contributed by atoms with Gasteiger partial charge in [0, 0.05) is 26.2 Å². The quantitative estimate of drug-likeness (QED) is 0.799. The van der Waals surface area contributed by atoms with Gasteiger partial charge in [0.1, 0.15) is 0 Å². The van der Waals surface area contributed by atoms with Crippen LogP contribution in [0.5, 0.6) is 0 Å². The second kappa shape index (κ2) is 6.74. The molecular formula is C12H24N2O2. The second-order valence-corrected chi connectivity index (χ2v) is 4.80. The number of urea groups is 1. The molecule has 1 unspecified atom stereocenters. The van der Waals surface area contributed by atoms with E-state index in [9.17, 15) is 4.79 Å². The van der Waals surface area contributed by atoms with E-state index in [0.717, 1.165) is 26.0 Å². The van der Waals surface area contributed by atoms with Crippen LogP contribution in [0.3, 0.4) is 0 Å². The van der Waals surface area contributed by atoms with Crippen molar-refractivity contribution in [3.05, 3.63) is 0 Å². The van der Waals surface area contributed by atoms with Gasteiger partial charge in [-0.2, -0.15) is 0 Å². The Bertz CT molecular complexity index is 213. The molecule has 1 heterocycles. The zero-order valence-electron chi connectivity index (χ0n) is 10.7. The lowest BCUT2D eigenvalue weighted by atomic mass is 10.1. The average Bonchev–Trinajstić information content (AvgIpc) is 2.26. The minimum atomic E-state index is 0.00538. The normalized spacial score (nSPS) is 20.9. The van der Waals surface area contributed by atoms with Crippen LogP contribution in [0.15, 0.2) is 0 Å². The first-order valence-corrected chi connectivity index (χ1v) is 6.23. The van der Waals surface area contributed by atoms with Crippen LogP contribution in [0, 0.1) is 0 Å².